The number of imide groups is 1. The van der Waals surface area contributed by atoms with Gasteiger partial charge in [-0.1, -0.05) is 35.5 Å². The van der Waals surface area contributed by atoms with E-state index in [1.54, 1.807) is 17.0 Å². The van der Waals surface area contributed by atoms with Crippen LogP contribution in [-0.4, -0.2) is 26.9 Å². The van der Waals surface area contributed by atoms with Crippen molar-refractivity contribution < 1.29 is 14.1 Å². The maximum atomic E-state index is 12.7. The number of carbonyl (C=O) groups excluding carboxylic acids is 2. The lowest BCUT2D eigenvalue weighted by atomic mass is 10.2. The van der Waals surface area contributed by atoms with Crippen molar-refractivity contribution in [3.05, 3.63) is 71.0 Å². The summed E-state index contributed by atoms with van der Waals surface area (Å²) >= 11 is 0. The van der Waals surface area contributed by atoms with Crippen LogP contribution in [0.1, 0.15) is 22.6 Å². The van der Waals surface area contributed by atoms with Gasteiger partial charge >= 0.3 is 6.03 Å². The number of aryl methyl sites for hydroxylation is 2. The van der Waals surface area contributed by atoms with Crippen LogP contribution in [0.15, 0.2) is 52.9 Å². The van der Waals surface area contributed by atoms with Gasteiger partial charge in [-0.3, -0.25) is 9.48 Å². The molecule has 136 valence electrons. The number of urea groups is 1. The summed E-state index contributed by atoms with van der Waals surface area (Å²) in [5.74, 6) is 0.299. The predicted molar refractivity (Wildman–Crippen MR) is 97.7 cm³/mol. The second kappa shape index (κ2) is 6.56. The molecule has 0 bridgehead atoms. The second-order valence-electron chi connectivity index (χ2n) is 6.24. The normalized spacial score (nSPS) is 15.6. The number of rotatable bonds is 4. The largest absolute Gasteiger partial charge is 0.361 e. The third-order valence-electron chi connectivity index (χ3n) is 4.37. The summed E-state index contributed by atoms with van der Waals surface area (Å²) in [6.07, 6.45) is 4.78. The first-order chi connectivity index (χ1) is 13.0. The fraction of sp³-hybridized carbons (Fsp3) is 0.158. The molecule has 0 spiro atoms. The van der Waals surface area contributed by atoms with Gasteiger partial charge in [0.15, 0.2) is 0 Å². The molecule has 3 amide bonds. The molecule has 1 fully saturated rings. The third-order valence-corrected chi connectivity index (χ3v) is 4.37. The van der Waals surface area contributed by atoms with E-state index in [1.165, 1.54) is 6.20 Å². The molecule has 8 nitrogen and oxygen atoms in total. The van der Waals surface area contributed by atoms with Gasteiger partial charge < -0.3 is 9.84 Å². The van der Waals surface area contributed by atoms with Gasteiger partial charge in [0, 0.05) is 11.8 Å². The highest BCUT2D eigenvalue weighted by atomic mass is 16.5. The Morgan fingerprint density at radius 2 is 1.96 bits per heavy atom. The molecular weight excluding hydrogens is 346 g/mol. The Balaban J connectivity index is 1.57. The van der Waals surface area contributed by atoms with Crippen molar-refractivity contribution >= 4 is 23.7 Å². The van der Waals surface area contributed by atoms with E-state index >= 15 is 0 Å². The van der Waals surface area contributed by atoms with Crippen molar-refractivity contribution in [2.75, 3.05) is 4.90 Å². The molecule has 0 radical (unpaired) electrons. The van der Waals surface area contributed by atoms with Crippen molar-refractivity contribution in [2.45, 2.75) is 20.4 Å². The van der Waals surface area contributed by atoms with Crippen molar-refractivity contribution in [3.8, 4) is 0 Å². The first-order valence-electron chi connectivity index (χ1n) is 8.39. The first-order valence-corrected chi connectivity index (χ1v) is 8.39. The molecule has 3 heterocycles. The summed E-state index contributed by atoms with van der Waals surface area (Å²) < 4.78 is 6.79. The average molecular weight is 363 g/mol. The molecule has 8 heteroatoms. The SMILES string of the molecule is Cc1noc(C)c1Cn1cc(N2C(=O)N/C(=C/c3ccccc3)C2=O)cn1. The van der Waals surface area contributed by atoms with Gasteiger partial charge in [0.25, 0.3) is 5.91 Å². The van der Waals surface area contributed by atoms with Gasteiger partial charge in [-0.15, -0.1) is 0 Å². The summed E-state index contributed by atoms with van der Waals surface area (Å²) in [6.45, 7) is 4.13. The summed E-state index contributed by atoms with van der Waals surface area (Å²) in [6, 6.07) is 8.83. The minimum atomic E-state index is -0.501. The van der Waals surface area contributed by atoms with Gasteiger partial charge in [0.05, 0.1) is 24.1 Å². The van der Waals surface area contributed by atoms with Gasteiger partial charge in [-0.25, -0.2) is 9.69 Å². The number of nitrogens with zero attached hydrogens (tertiary/aromatic N) is 4. The molecule has 1 N–H and O–H groups in total. The zero-order valence-corrected chi connectivity index (χ0v) is 14.8. The van der Waals surface area contributed by atoms with Crippen LogP contribution in [0.4, 0.5) is 10.5 Å². The lowest BCUT2D eigenvalue weighted by Gasteiger charge is -2.08. The zero-order chi connectivity index (χ0) is 19.0. The monoisotopic (exact) mass is 363 g/mol. The van der Waals surface area contributed by atoms with Gasteiger partial charge in [-0.2, -0.15) is 5.10 Å². The molecule has 1 saturated heterocycles. The minimum Gasteiger partial charge on any atom is -0.361 e. The van der Waals surface area contributed by atoms with Crippen LogP contribution in [0.5, 0.6) is 0 Å². The van der Waals surface area contributed by atoms with Gasteiger partial charge in [0.1, 0.15) is 11.5 Å². The first kappa shape index (κ1) is 16.8. The predicted octanol–water partition coefficient (Wildman–Crippen LogP) is 2.63. The van der Waals surface area contributed by atoms with E-state index in [1.807, 2.05) is 44.2 Å². The molecule has 1 aliphatic heterocycles. The number of hydrogen-bond donors (Lipinski definition) is 1. The molecule has 0 saturated carbocycles. The summed E-state index contributed by atoms with van der Waals surface area (Å²) in [5, 5.41) is 10.8. The number of hydrogen-bond acceptors (Lipinski definition) is 5. The van der Waals surface area contributed by atoms with Crippen molar-refractivity contribution in [2.24, 2.45) is 0 Å². The van der Waals surface area contributed by atoms with E-state index in [-0.39, 0.29) is 5.70 Å². The van der Waals surface area contributed by atoms with Crippen LogP contribution < -0.4 is 10.2 Å². The standard InChI is InChI=1S/C19H17N5O3/c1-12-16(13(2)27-22-12)11-23-10-15(9-20-23)24-18(25)17(21-19(24)26)8-14-6-4-3-5-7-14/h3-10H,11H2,1-2H3,(H,21,26)/b17-8+. The average Bonchev–Trinajstić information content (AvgIpc) is 3.31. The van der Waals surface area contributed by atoms with Gasteiger partial charge in [-0.05, 0) is 25.5 Å². The topological polar surface area (TPSA) is 93.3 Å². The molecule has 1 aromatic carbocycles. The Morgan fingerprint density at radius 3 is 2.67 bits per heavy atom. The Hall–Kier alpha value is -3.68. The third kappa shape index (κ3) is 3.12. The number of carbonyl (C=O) groups is 2. The maximum absolute atomic E-state index is 12.7. The number of anilines is 1. The number of benzene rings is 1. The highest BCUT2D eigenvalue weighted by molar-refractivity contribution is 6.28. The number of nitrogens with one attached hydrogen (secondary N) is 1. The Morgan fingerprint density at radius 1 is 1.19 bits per heavy atom. The maximum Gasteiger partial charge on any atom is 0.333 e. The molecule has 4 rings (SSSR count). The molecule has 0 unspecified atom stereocenters. The minimum absolute atomic E-state index is 0.227. The molecule has 27 heavy (non-hydrogen) atoms. The van der Waals surface area contributed by atoms with Gasteiger partial charge in [0.2, 0.25) is 0 Å². The summed E-state index contributed by atoms with van der Waals surface area (Å²) in [4.78, 5) is 26.1. The molecule has 2 aromatic heterocycles. The van der Waals surface area contributed by atoms with E-state index in [2.05, 4.69) is 15.6 Å². The lowest BCUT2D eigenvalue weighted by Crippen LogP contribution is -2.30. The van der Waals surface area contributed by atoms with E-state index in [9.17, 15) is 9.59 Å². The van der Waals surface area contributed by atoms with Crippen LogP contribution in [0.25, 0.3) is 6.08 Å². The van der Waals surface area contributed by atoms with E-state index in [4.69, 9.17) is 4.52 Å². The van der Waals surface area contributed by atoms with Crippen molar-refractivity contribution in [3.63, 3.8) is 0 Å². The van der Waals surface area contributed by atoms with E-state index < -0.39 is 11.9 Å². The highest BCUT2D eigenvalue weighted by Gasteiger charge is 2.35. The molecular formula is C19H17N5O3. The quantitative estimate of drug-likeness (QED) is 0.568. The summed E-state index contributed by atoms with van der Waals surface area (Å²) in [5.41, 5.74) is 3.17. The van der Waals surface area contributed by atoms with Crippen LogP contribution in [0, 0.1) is 13.8 Å². The molecule has 0 aliphatic carbocycles. The van der Waals surface area contributed by atoms with Crippen molar-refractivity contribution in [1.82, 2.24) is 20.3 Å². The van der Waals surface area contributed by atoms with E-state index in [0.29, 0.717) is 18.0 Å². The number of aromatic nitrogens is 3. The Bertz CT molecular complexity index is 1030. The summed E-state index contributed by atoms with van der Waals surface area (Å²) in [7, 11) is 0. The molecule has 1 aliphatic rings. The van der Waals surface area contributed by atoms with E-state index in [0.717, 1.165) is 21.7 Å². The van der Waals surface area contributed by atoms with Crippen LogP contribution >= 0.6 is 0 Å². The number of amides is 3. The highest BCUT2D eigenvalue weighted by Crippen LogP contribution is 2.22. The Kier molecular flexibility index (Phi) is 4.08. The fourth-order valence-corrected chi connectivity index (χ4v) is 2.93. The lowest BCUT2D eigenvalue weighted by molar-refractivity contribution is -0.113. The zero-order valence-electron chi connectivity index (χ0n) is 14.8. The smallest absolute Gasteiger partial charge is 0.333 e. The molecule has 0 atom stereocenters. The van der Waals surface area contributed by atoms with Crippen LogP contribution in [0.3, 0.4) is 0 Å². The van der Waals surface area contributed by atoms with Crippen molar-refractivity contribution in [1.29, 1.82) is 0 Å². The van der Waals surface area contributed by atoms with Crippen LogP contribution in [0.2, 0.25) is 0 Å². The Labute approximate surface area is 155 Å². The second-order valence-corrected chi connectivity index (χ2v) is 6.24. The molecule has 3 aromatic rings. The fourth-order valence-electron chi connectivity index (χ4n) is 2.93. The van der Waals surface area contributed by atoms with Crippen LogP contribution in [-0.2, 0) is 11.3 Å².